The predicted octanol–water partition coefficient (Wildman–Crippen LogP) is 4.73. The fourth-order valence-electron chi connectivity index (χ4n) is 4.09. The Balaban J connectivity index is 1.47. The first-order valence-corrected chi connectivity index (χ1v) is 11.8. The van der Waals surface area contributed by atoms with Crippen molar-refractivity contribution in [1.82, 2.24) is 10.2 Å². The highest BCUT2D eigenvalue weighted by atomic mass is 35.5. The van der Waals surface area contributed by atoms with E-state index in [-0.39, 0.29) is 18.1 Å². The number of aliphatic hydroxyl groups is 1. The maximum Gasteiger partial charge on any atom is 0.234 e. The lowest BCUT2D eigenvalue weighted by Gasteiger charge is -2.29. The molecule has 0 radical (unpaired) electrons. The first kappa shape index (κ1) is 24.8. The molecule has 7 heteroatoms. The Hall–Kier alpha value is -1.79. The zero-order valence-corrected chi connectivity index (χ0v) is 20.3. The zero-order chi connectivity index (χ0) is 23.2. The minimum Gasteiger partial charge on any atom is -0.491 e. The van der Waals surface area contributed by atoms with Crippen LogP contribution in [0.2, 0.25) is 10.0 Å². The molecule has 2 aromatic carbocycles. The molecule has 1 aliphatic heterocycles. The van der Waals surface area contributed by atoms with E-state index in [1.165, 1.54) is 5.56 Å². The van der Waals surface area contributed by atoms with E-state index in [9.17, 15) is 9.90 Å². The number of nitrogens with zero attached hydrogens (tertiary/aromatic N) is 1. The van der Waals surface area contributed by atoms with Gasteiger partial charge in [0.2, 0.25) is 5.91 Å². The molecule has 1 saturated heterocycles. The number of hydrogen-bond acceptors (Lipinski definition) is 4. The summed E-state index contributed by atoms with van der Waals surface area (Å²) in [6.07, 6.45) is 2.72. The average molecular weight is 479 g/mol. The molecule has 32 heavy (non-hydrogen) atoms. The first-order chi connectivity index (χ1) is 15.1. The molecule has 3 rings (SSSR count). The molecule has 2 aromatic rings. The molecule has 0 unspecified atom stereocenters. The molecule has 5 nitrogen and oxygen atoms in total. The van der Waals surface area contributed by atoms with Gasteiger partial charge in [-0.15, -0.1) is 0 Å². The van der Waals surface area contributed by atoms with Crippen LogP contribution in [0.3, 0.4) is 0 Å². The quantitative estimate of drug-likeness (QED) is 0.575. The normalized spacial score (nSPS) is 19.9. The Bertz CT molecular complexity index is 907. The van der Waals surface area contributed by atoms with Crippen LogP contribution in [0.15, 0.2) is 48.5 Å². The van der Waals surface area contributed by atoms with Crippen molar-refractivity contribution in [3.05, 3.63) is 64.1 Å². The summed E-state index contributed by atoms with van der Waals surface area (Å²) >= 11 is 12.0. The highest BCUT2D eigenvalue weighted by Gasteiger charge is 2.32. The number of carbonyl (C=O) groups is 1. The SMILES string of the molecule is CC(C)(Cc1ccccc1)NC(=O)CN1CCC[C@](O)(COc2ccc(Cl)c(Cl)c2)CC1. The minimum absolute atomic E-state index is 0.00317. The Morgan fingerprint density at radius 2 is 1.88 bits per heavy atom. The van der Waals surface area contributed by atoms with E-state index in [1.54, 1.807) is 18.2 Å². The summed E-state index contributed by atoms with van der Waals surface area (Å²) in [7, 11) is 0. The predicted molar refractivity (Wildman–Crippen MR) is 130 cm³/mol. The van der Waals surface area contributed by atoms with E-state index < -0.39 is 5.60 Å². The van der Waals surface area contributed by atoms with Crippen LogP contribution >= 0.6 is 23.2 Å². The summed E-state index contributed by atoms with van der Waals surface area (Å²) in [5.74, 6) is 0.581. The van der Waals surface area contributed by atoms with Crippen LogP contribution in [-0.2, 0) is 11.2 Å². The van der Waals surface area contributed by atoms with Gasteiger partial charge in [-0.3, -0.25) is 9.69 Å². The summed E-state index contributed by atoms with van der Waals surface area (Å²) < 4.78 is 5.79. The second kappa shape index (κ2) is 10.9. The second-order valence-corrected chi connectivity index (χ2v) is 10.1. The van der Waals surface area contributed by atoms with Crippen molar-refractivity contribution in [1.29, 1.82) is 0 Å². The van der Waals surface area contributed by atoms with Crippen LogP contribution in [0.25, 0.3) is 0 Å². The third kappa shape index (κ3) is 7.66. The van der Waals surface area contributed by atoms with Gasteiger partial charge < -0.3 is 15.2 Å². The molecule has 1 heterocycles. The van der Waals surface area contributed by atoms with Crippen LogP contribution in [-0.4, -0.2) is 53.3 Å². The van der Waals surface area contributed by atoms with Gasteiger partial charge in [-0.05, 0) is 63.8 Å². The number of rotatable bonds is 8. The van der Waals surface area contributed by atoms with Gasteiger partial charge in [0.25, 0.3) is 0 Å². The highest BCUT2D eigenvalue weighted by molar-refractivity contribution is 6.42. The molecular weight excluding hydrogens is 447 g/mol. The standard InChI is InChI=1S/C25H32Cl2N2O3/c1-24(2,16-19-7-4-3-5-8-19)28-23(30)17-29-13-6-11-25(31,12-14-29)18-32-20-9-10-21(26)22(27)15-20/h3-5,7-10,15,31H,6,11-14,16-18H2,1-2H3,(H,28,30)/t25-/m1/s1. The van der Waals surface area contributed by atoms with E-state index in [0.717, 1.165) is 19.4 Å². The van der Waals surface area contributed by atoms with Gasteiger partial charge in [-0.2, -0.15) is 0 Å². The summed E-state index contributed by atoms with van der Waals surface area (Å²) in [5.41, 5.74) is -0.0811. The van der Waals surface area contributed by atoms with Crippen LogP contribution < -0.4 is 10.1 Å². The molecular formula is C25H32Cl2N2O3. The smallest absolute Gasteiger partial charge is 0.234 e. The van der Waals surface area contributed by atoms with Crippen molar-refractivity contribution < 1.29 is 14.6 Å². The number of halogens is 2. The summed E-state index contributed by atoms with van der Waals surface area (Å²) in [4.78, 5) is 14.8. The Morgan fingerprint density at radius 3 is 2.59 bits per heavy atom. The molecule has 0 aromatic heterocycles. The van der Waals surface area contributed by atoms with E-state index in [1.807, 2.05) is 32.0 Å². The van der Waals surface area contributed by atoms with E-state index >= 15 is 0 Å². The lowest BCUT2D eigenvalue weighted by atomic mass is 9.95. The Morgan fingerprint density at radius 1 is 1.12 bits per heavy atom. The maximum absolute atomic E-state index is 12.7. The first-order valence-electron chi connectivity index (χ1n) is 11.0. The van der Waals surface area contributed by atoms with Crippen LogP contribution in [0.1, 0.15) is 38.7 Å². The van der Waals surface area contributed by atoms with Gasteiger partial charge in [0, 0.05) is 18.2 Å². The molecule has 1 amide bonds. The molecule has 0 bridgehead atoms. The molecule has 174 valence electrons. The van der Waals surface area contributed by atoms with E-state index in [0.29, 0.717) is 41.7 Å². The molecule has 0 saturated carbocycles. The zero-order valence-electron chi connectivity index (χ0n) is 18.7. The monoisotopic (exact) mass is 478 g/mol. The van der Waals surface area contributed by atoms with Crippen molar-refractivity contribution in [2.24, 2.45) is 0 Å². The molecule has 0 spiro atoms. The lowest BCUT2D eigenvalue weighted by molar-refractivity contribution is -0.123. The number of nitrogens with one attached hydrogen (secondary N) is 1. The third-order valence-corrected chi connectivity index (χ3v) is 6.48. The fraction of sp³-hybridized carbons (Fsp3) is 0.480. The average Bonchev–Trinajstić information content (AvgIpc) is 2.90. The second-order valence-electron chi connectivity index (χ2n) is 9.31. The van der Waals surface area contributed by atoms with Crippen molar-refractivity contribution in [3.63, 3.8) is 0 Å². The molecule has 0 aliphatic carbocycles. The lowest BCUT2D eigenvalue weighted by Crippen LogP contribution is -2.49. The van der Waals surface area contributed by atoms with Crippen LogP contribution in [0, 0.1) is 0 Å². The van der Waals surface area contributed by atoms with E-state index in [2.05, 4.69) is 22.3 Å². The van der Waals surface area contributed by atoms with Gasteiger partial charge in [0.1, 0.15) is 12.4 Å². The number of benzene rings is 2. The largest absolute Gasteiger partial charge is 0.491 e. The van der Waals surface area contributed by atoms with Crippen molar-refractivity contribution in [2.75, 3.05) is 26.2 Å². The topological polar surface area (TPSA) is 61.8 Å². The van der Waals surface area contributed by atoms with Crippen molar-refractivity contribution in [2.45, 2.75) is 50.7 Å². The maximum atomic E-state index is 12.7. The van der Waals surface area contributed by atoms with Crippen molar-refractivity contribution in [3.8, 4) is 5.75 Å². The van der Waals surface area contributed by atoms with Crippen molar-refractivity contribution >= 4 is 29.1 Å². The number of likely N-dealkylation sites (tertiary alicyclic amines) is 1. The highest BCUT2D eigenvalue weighted by Crippen LogP contribution is 2.28. The third-order valence-electron chi connectivity index (χ3n) is 5.74. The number of amides is 1. The van der Waals surface area contributed by atoms with Gasteiger partial charge >= 0.3 is 0 Å². The Labute approximate surface area is 200 Å². The number of ether oxygens (including phenoxy) is 1. The molecule has 2 N–H and O–H groups in total. The number of hydrogen-bond donors (Lipinski definition) is 2. The van der Waals surface area contributed by atoms with Gasteiger partial charge in [0.05, 0.1) is 22.2 Å². The molecule has 1 fully saturated rings. The molecule has 1 atom stereocenters. The van der Waals surface area contributed by atoms with E-state index in [4.69, 9.17) is 27.9 Å². The fourth-order valence-corrected chi connectivity index (χ4v) is 4.38. The van der Waals surface area contributed by atoms with Gasteiger partial charge in [0.15, 0.2) is 0 Å². The molecule has 1 aliphatic rings. The number of carbonyl (C=O) groups excluding carboxylic acids is 1. The Kier molecular flexibility index (Phi) is 8.45. The van der Waals surface area contributed by atoms with Crippen LogP contribution in [0.5, 0.6) is 5.75 Å². The summed E-state index contributed by atoms with van der Waals surface area (Å²) in [6.45, 7) is 5.98. The van der Waals surface area contributed by atoms with Gasteiger partial charge in [-0.1, -0.05) is 53.5 Å². The summed E-state index contributed by atoms with van der Waals surface area (Å²) in [5, 5.41) is 15.1. The summed E-state index contributed by atoms with van der Waals surface area (Å²) in [6, 6.07) is 15.2. The minimum atomic E-state index is -0.941. The van der Waals surface area contributed by atoms with Crippen LogP contribution in [0.4, 0.5) is 0 Å². The van der Waals surface area contributed by atoms with Gasteiger partial charge in [-0.25, -0.2) is 0 Å².